The highest BCUT2D eigenvalue weighted by atomic mass is 32.2. The fraction of sp³-hybridized carbons (Fsp3) is 0.119. The largest absolute Gasteiger partial charge is 0.200 e. The fourth-order valence-corrected chi connectivity index (χ4v) is 8.89. The molecule has 0 bridgehead atoms. The molecule has 0 aromatic heterocycles. The highest BCUT2D eigenvalue weighted by molar-refractivity contribution is 8.02. The van der Waals surface area contributed by atoms with E-state index in [0.717, 1.165) is 15.4 Å². The molecule has 0 aliphatic rings. The molecule has 6 rings (SSSR count). The number of nitrogens with zero attached hydrogens (tertiary/aromatic N) is 1. The van der Waals surface area contributed by atoms with Crippen LogP contribution >= 0.6 is 0 Å². The van der Waals surface area contributed by atoms with Crippen LogP contribution in [0.1, 0.15) is 30.9 Å². The average molecular weight is 618 g/mol. The van der Waals surface area contributed by atoms with Gasteiger partial charge in [0.05, 0.1) is 17.8 Å². The van der Waals surface area contributed by atoms with Crippen molar-refractivity contribution in [1.29, 1.82) is 5.26 Å². The van der Waals surface area contributed by atoms with Crippen LogP contribution in [-0.4, -0.2) is 6.15 Å². The summed E-state index contributed by atoms with van der Waals surface area (Å²) in [6.45, 7) is 2.28. The van der Waals surface area contributed by atoms with Crippen LogP contribution < -0.4 is 16.4 Å². The third-order valence-corrected chi connectivity index (χ3v) is 11.6. The first-order valence-electron chi connectivity index (χ1n) is 16.0. The molecule has 0 atom stereocenters. The minimum Gasteiger partial charge on any atom is -0.200 e. The third-order valence-electron chi connectivity index (χ3n) is 8.80. The number of unbranched alkanes of at least 4 members (excludes halogenated alkanes) is 1. The predicted octanol–water partition coefficient (Wildman–Crippen LogP) is 8.63. The smallest absolute Gasteiger partial charge is 0.163 e. The van der Waals surface area contributed by atoms with Gasteiger partial charge in [-0.2, -0.15) is 28.0 Å². The first-order valence-corrected chi connectivity index (χ1v) is 17.8. The molecule has 0 saturated heterocycles. The lowest BCUT2D eigenvalue weighted by Gasteiger charge is -2.43. The van der Waals surface area contributed by atoms with Crippen LogP contribution in [0.5, 0.6) is 0 Å². The van der Waals surface area contributed by atoms with Crippen molar-refractivity contribution in [3.63, 3.8) is 0 Å². The summed E-state index contributed by atoms with van der Waals surface area (Å²) < 4.78 is 13.8. The molecule has 46 heavy (non-hydrogen) atoms. The normalized spacial score (nSPS) is 11.1. The summed E-state index contributed by atoms with van der Waals surface area (Å²) in [6.07, 6.45) is 2.73. The Bertz CT molecular complexity index is 1720. The number of benzene rings is 6. The summed E-state index contributed by atoms with van der Waals surface area (Å²) in [5, 5.41) is 8.91. The molecule has 0 N–H and O–H groups in total. The summed E-state index contributed by atoms with van der Waals surface area (Å²) in [7, 11) is -2.40. The van der Waals surface area contributed by atoms with Crippen LogP contribution in [0, 0.1) is 11.3 Å². The molecule has 0 fully saturated rings. The standard InChI is InChI=1S/C22H24B.C20H16NOS/c1-2-3-19-23(20-13-7-4-8-14-20,21-15-9-5-10-16-21)22-17-11-6-12-18-22;21-15-17-11-13-18(14-12-17)16-23(22,19-7-3-1-4-8-19)20-9-5-2-6-10-20/h4-18H,2-3,19H2,1H3;1-14H,16H2/q-1;+1. The molecular formula is C42H40BNOS. The van der Waals surface area contributed by atoms with Gasteiger partial charge in [-0.1, -0.05) is 164 Å². The second-order valence-electron chi connectivity index (χ2n) is 11.7. The van der Waals surface area contributed by atoms with Gasteiger partial charge in [-0.05, 0) is 36.4 Å². The molecule has 0 saturated carbocycles. The summed E-state index contributed by atoms with van der Waals surface area (Å²) in [6, 6.07) is 61.7. The van der Waals surface area contributed by atoms with E-state index in [4.69, 9.17) is 5.26 Å². The van der Waals surface area contributed by atoms with E-state index in [1.807, 2.05) is 72.8 Å². The van der Waals surface area contributed by atoms with Crippen LogP contribution in [0.3, 0.4) is 0 Å². The van der Waals surface area contributed by atoms with Gasteiger partial charge in [-0.15, -0.1) is 0 Å². The predicted molar refractivity (Wildman–Crippen MR) is 196 cm³/mol. The minimum atomic E-state index is -2.40. The van der Waals surface area contributed by atoms with Crippen molar-refractivity contribution in [3.8, 4) is 6.07 Å². The van der Waals surface area contributed by atoms with E-state index in [1.54, 1.807) is 12.1 Å². The van der Waals surface area contributed by atoms with E-state index in [-0.39, 0.29) is 0 Å². The van der Waals surface area contributed by atoms with E-state index < -0.39 is 16.1 Å². The molecule has 2 nitrogen and oxygen atoms in total. The highest BCUT2D eigenvalue weighted by Gasteiger charge is 2.34. The summed E-state index contributed by atoms with van der Waals surface area (Å²) in [5.74, 6) is 0.423. The maximum absolute atomic E-state index is 13.8. The third kappa shape index (κ3) is 7.45. The van der Waals surface area contributed by atoms with Crippen molar-refractivity contribution in [3.05, 3.63) is 187 Å². The Balaban J connectivity index is 0.000000181. The van der Waals surface area contributed by atoms with Crippen LogP contribution in [0.25, 0.3) is 0 Å². The second-order valence-corrected chi connectivity index (χ2v) is 14.3. The topological polar surface area (TPSA) is 40.9 Å². The van der Waals surface area contributed by atoms with Crippen molar-refractivity contribution in [2.75, 3.05) is 0 Å². The van der Waals surface area contributed by atoms with Crippen LogP contribution in [0.4, 0.5) is 0 Å². The van der Waals surface area contributed by atoms with Gasteiger partial charge in [0.15, 0.2) is 19.7 Å². The molecular weight excluding hydrogens is 577 g/mol. The lowest BCUT2D eigenvalue weighted by molar-refractivity contribution is 0.583. The minimum absolute atomic E-state index is 0.423. The molecule has 6 aromatic carbocycles. The van der Waals surface area contributed by atoms with Crippen LogP contribution in [0.15, 0.2) is 186 Å². The highest BCUT2D eigenvalue weighted by Crippen LogP contribution is 2.32. The number of hydrogen-bond donors (Lipinski definition) is 0. The summed E-state index contributed by atoms with van der Waals surface area (Å²) >= 11 is 0. The van der Waals surface area contributed by atoms with E-state index in [9.17, 15) is 4.21 Å². The van der Waals surface area contributed by atoms with Gasteiger partial charge in [0.2, 0.25) is 0 Å². The summed E-state index contributed by atoms with van der Waals surface area (Å²) in [5.41, 5.74) is 5.90. The lowest BCUT2D eigenvalue weighted by atomic mass is 9.14. The van der Waals surface area contributed by atoms with Crippen molar-refractivity contribution in [2.24, 2.45) is 0 Å². The molecule has 0 spiro atoms. The van der Waals surface area contributed by atoms with Gasteiger partial charge in [0.1, 0.15) is 5.75 Å². The van der Waals surface area contributed by atoms with Crippen LogP contribution in [0.2, 0.25) is 6.32 Å². The first-order chi connectivity index (χ1) is 22.6. The Morgan fingerprint density at radius 3 is 1.26 bits per heavy atom. The van der Waals surface area contributed by atoms with Crippen molar-refractivity contribution < 1.29 is 4.21 Å². The molecule has 0 unspecified atom stereocenters. The SMILES string of the molecule is CCCC[B-](c1ccccc1)(c1ccccc1)c1ccccc1.N#Cc1ccc(C[S+](=O)(c2ccccc2)c2ccccc2)cc1. The molecule has 4 heteroatoms. The number of nitriles is 1. The Hall–Kier alpha value is -4.98. The van der Waals surface area contributed by atoms with Gasteiger partial charge >= 0.3 is 0 Å². The molecule has 0 radical (unpaired) electrons. The van der Waals surface area contributed by atoms with Crippen LogP contribution in [-0.2, 0) is 19.9 Å². The van der Waals surface area contributed by atoms with E-state index >= 15 is 0 Å². The zero-order valence-electron chi connectivity index (χ0n) is 26.4. The van der Waals surface area contributed by atoms with Crippen molar-refractivity contribution in [1.82, 2.24) is 0 Å². The van der Waals surface area contributed by atoms with Gasteiger partial charge in [-0.3, -0.25) is 0 Å². The van der Waals surface area contributed by atoms with Crippen molar-refractivity contribution >= 4 is 32.5 Å². The molecule has 228 valence electrons. The van der Waals surface area contributed by atoms with Crippen molar-refractivity contribution in [2.45, 2.75) is 41.6 Å². The maximum Gasteiger partial charge on any atom is 0.163 e. The quantitative estimate of drug-likeness (QED) is 0.114. The Morgan fingerprint density at radius 1 is 0.543 bits per heavy atom. The van der Waals surface area contributed by atoms with Gasteiger partial charge < -0.3 is 0 Å². The molecule has 0 aliphatic heterocycles. The van der Waals surface area contributed by atoms with E-state index in [1.165, 1.54) is 35.6 Å². The average Bonchev–Trinajstić information content (AvgIpc) is 3.14. The Morgan fingerprint density at radius 2 is 0.913 bits per heavy atom. The zero-order valence-corrected chi connectivity index (χ0v) is 27.2. The van der Waals surface area contributed by atoms with Gasteiger partial charge in [0, 0.05) is 5.56 Å². The molecule has 0 amide bonds. The molecule has 6 aromatic rings. The number of rotatable bonds is 10. The molecule has 0 aliphatic carbocycles. The summed E-state index contributed by atoms with van der Waals surface area (Å²) in [4.78, 5) is 1.66. The fourth-order valence-electron chi connectivity index (χ4n) is 6.43. The maximum atomic E-state index is 13.8. The second kappa shape index (κ2) is 15.8. The van der Waals surface area contributed by atoms with Gasteiger partial charge in [-0.25, -0.2) is 0 Å². The molecule has 0 heterocycles. The van der Waals surface area contributed by atoms with E-state index in [2.05, 4.69) is 104 Å². The lowest BCUT2D eigenvalue weighted by Crippen LogP contribution is -2.66. The first kappa shape index (κ1) is 32.4. The monoisotopic (exact) mass is 617 g/mol. The van der Waals surface area contributed by atoms with Gasteiger partial charge in [0.25, 0.3) is 0 Å². The number of hydrogen-bond acceptors (Lipinski definition) is 2. The Kier molecular flexibility index (Phi) is 11.2. The Labute approximate surface area is 275 Å². The van der Waals surface area contributed by atoms with E-state index in [0.29, 0.717) is 11.3 Å². The zero-order chi connectivity index (χ0) is 32.1.